The highest BCUT2D eigenvalue weighted by atomic mass is 16.5. The number of rotatable bonds is 14. The van der Waals surface area contributed by atoms with Gasteiger partial charge in [-0.2, -0.15) is 0 Å². The van der Waals surface area contributed by atoms with Gasteiger partial charge in [-0.3, -0.25) is 24.0 Å². The van der Waals surface area contributed by atoms with Gasteiger partial charge in [0, 0.05) is 18.9 Å². The number of aryl methyl sites for hydroxylation is 1. The molecule has 0 spiro atoms. The standard InChI is InChI=1S/C18H32N4O6.C7H8/c1-12(2)11-28-6-5-15(24)20-8-17(26)22-10-18(27)21-9-16(25)19-7-14(23)13(3)4;1-7-5-3-2-4-6-7/h12-13H,5-11H2,1-4H3,(H,19,25)(H,20,24)(H,21,27)(H,22,26);2-6H,1H3. The largest absolute Gasteiger partial charge is 0.381 e. The maximum atomic E-state index is 11.6. The predicted octanol–water partition coefficient (Wildman–Crippen LogP) is 0.734. The molecule has 0 aromatic heterocycles. The fourth-order valence-electron chi connectivity index (χ4n) is 2.22. The molecule has 4 amide bonds. The van der Waals surface area contributed by atoms with Crippen LogP contribution in [-0.4, -0.2) is 68.8 Å². The number of Topliss-reactive ketones (excluding diaryl/α,β-unsaturated/α-hetero) is 1. The van der Waals surface area contributed by atoms with Crippen LogP contribution >= 0.6 is 0 Å². The minimum absolute atomic E-state index is 0.0919. The van der Waals surface area contributed by atoms with E-state index in [9.17, 15) is 24.0 Å². The van der Waals surface area contributed by atoms with Crippen LogP contribution in [0.15, 0.2) is 30.3 Å². The van der Waals surface area contributed by atoms with Crippen molar-refractivity contribution in [2.75, 3.05) is 39.4 Å². The Morgan fingerprint density at radius 2 is 1.17 bits per heavy atom. The summed E-state index contributed by atoms with van der Waals surface area (Å²) in [7, 11) is 0. The van der Waals surface area contributed by atoms with Crippen molar-refractivity contribution in [2.45, 2.75) is 41.0 Å². The van der Waals surface area contributed by atoms with Crippen LogP contribution in [0.3, 0.4) is 0 Å². The van der Waals surface area contributed by atoms with E-state index in [1.807, 2.05) is 32.0 Å². The fraction of sp³-hybridized carbons (Fsp3) is 0.560. The maximum absolute atomic E-state index is 11.6. The molecule has 0 saturated heterocycles. The average Bonchev–Trinajstić information content (AvgIpc) is 2.81. The van der Waals surface area contributed by atoms with E-state index in [0.717, 1.165) is 0 Å². The molecule has 0 aliphatic heterocycles. The lowest BCUT2D eigenvalue weighted by Gasteiger charge is -2.09. The van der Waals surface area contributed by atoms with Gasteiger partial charge in [0.2, 0.25) is 23.6 Å². The Labute approximate surface area is 207 Å². The average molecular weight is 493 g/mol. The Hall–Kier alpha value is -3.27. The molecule has 0 aliphatic rings. The summed E-state index contributed by atoms with van der Waals surface area (Å²) in [6.45, 7) is 9.40. The van der Waals surface area contributed by atoms with Crippen LogP contribution in [0.5, 0.6) is 0 Å². The molecule has 0 saturated carbocycles. The van der Waals surface area contributed by atoms with E-state index < -0.39 is 17.7 Å². The maximum Gasteiger partial charge on any atom is 0.239 e. The summed E-state index contributed by atoms with van der Waals surface area (Å²) in [6, 6.07) is 10.3. The molecule has 0 bridgehead atoms. The van der Waals surface area contributed by atoms with E-state index in [1.165, 1.54) is 5.56 Å². The number of carbonyl (C=O) groups is 5. The monoisotopic (exact) mass is 492 g/mol. The first-order valence-corrected chi connectivity index (χ1v) is 11.7. The summed E-state index contributed by atoms with van der Waals surface area (Å²) in [4.78, 5) is 57.6. The summed E-state index contributed by atoms with van der Waals surface area (Å²) >= 11 is 0. The van der Waals surface area contributed by atoms with Crippen LogP contribution in [0.1, 0.15) is 39.7 Å². The Balaban J connectivity index is 0.00000140. The van der Waals surface area contributed by atoms with Crippen molar-refractivity contribution in [1.82, 2.24) is 21.3 Å². The number of benzene rings is 1. The number of ether oxygens (including phenoxy) is 1. The zero-order valence-corrected chi connectivity index (χ0v) is 21.4. The van der Waals surface area contributed by atoms with Gasteiger partial charge in [-0.05, 0) is 12.8 Å². The molecule has 0 unspecified atom stereocenters. The van der Waals surface area contributed by atoms with Crippen LogP contribution in [0, 0.1) is 18.8 Å². The van der Waals surface area contributed by atoms with Crippen molar-refractivity contribution in [3.05, 3.63) is 35.9 Å². The summed E-state index contributed by atoms with van der Waals surface area (Å²) < 4.78 is 5.27. The number of nitrogens with one attached hydrogen (secondary N) is 4. The molecule has 4 N–H and O–H groups in total. The minimum Gasteiger partial charge on any atom is -0.381 e. The summed E-state index contributed by atoms with van der Waals surface area (Å²) in [5.41, 5.74) is 1.32. The quantitative estimate of drug-likeness (QED) is 0.282. The second-order valence-corrected chi connectivity index (χ2v) is 8.60. The number of amides is 4. The van der Waals surface area contributed by atoms with Gasteiger partial charge in [0.15, 0.2) is 5.78 Å². The molecular formula is C25H40N4O6. The third-order valence-electron chi connectivity index (χ3n) is 4.31. The van der Waals surface area contributed by atoms with Gasteiger partial charge in [0.05, 0.1) is 32.8 Å². The van der Waals surface area contributed by atoms with Gasteiger partial charge >= 0.3 is 0 Å². The SMILES string of the molecule is CC(C)COCCC(=O)NCC(=O)NCC(=O)NCC(=O)NCC(=O)C(C)C.Cc1ccccc1. The fourth-order valence-corrected chi connectivity index (χ4v) is 2.22. The summed E-state index contributed by atoms with van der Waals surface area (Å²) in [5, 5.41) is 9.46. The molecular weight excluding hydrogens is 452 g/mol. The topological polar surface area (TPSA) is 143 Å². The van der Waals surface area contributed by atoms with Crippen LogP contribution in [0.25, 0.3) is 0 Å². The summed E-state index contributed by atoms with van der Waals surface area (Å²) in [6.07, 6.45) is 0.148. The molecule has 1 aromatic carbocycles. The molecule has 0 radical (unpaired) electrons. The second kappa shape index (κ2) is 19.1. The van der Waals surface area contributed by atoms with Gasteiger partial charge in [-0.15, -0.1) is 0 Å². The second-order valence-electron chi connectivity index (χ2n) is 8.60. The van der Waals surface area contributed by atoms with Gasteiger partial charge in [-0.1, -0.05) is 63.6 Å². The molecule has 35 heavy (non-hydrogen) atoms. The Kier molecular flexibility index (Phi) is 17.3. The van der Waals surface area contributed by atoms with Crippen molar-refractivity contribution in [3.8, 4) is 0 Å². The lowest BCUT2D eigenvalue weighted by molar-refractivity contribution is -0.129. The first-order chi connectivity index (χ1) is 16.5. The van der Waals surface area contributed by atoms with Crippen molar-refractivity contribution < 1.29 is 28.7 Å². The van der Waals surface area contributed by atoms with E-state index in [0.29, 0.717) is 12.5 Å². The number of carbonyl (C=O) groups excluding carboxylic acids is 5. The van der Waals surface area contributed by atoms with Crippen molar-refractivity contribution in [3.63, 3.8) is 0 Å². The van der Waals surface area contributed by atoms with Gasteiger partial charge in [0.1, 0.15) is 0 Å². The molecule has 0 fully saturated rings. The highest BCUT2D eigenvalue weighted by molar-refractivity contribution is 5.91. The third-order valence-corrected chi connectivity index (χ3v) is 4.31. The molecule has 0 atom stereocenters. The highest BCUT2D eigenvalue weighted by Crippen LogP contribution is 1.94. The molecule has 0 heterocycles. The molecule has 1 aromatic rings. The van der Waals surface area contributed by atoms with E-state index >= 15 is 0 Å². The molecule has 10 nitrogen and oxygen atoms in total. The van der Waals surface area contributed by atoms with Crippen molar-refractivity contribution in [1.29, 1.82) is 0 Å². The molecule has 0 aliphatic carbocycles. The lowest BCUT2D eigenvalue weighted by atomic mass is 10.1. The Morgan fingerprint density at radius 3 is 1.57 bits per heavy atom. The highest BCUT2D eigenvalue weighted by Gasteiger charge is 2.11. The Bertz CT molecular complexity index is 796. The number of hydrogen-bond acceptors (Lipinski definition) is 6. The van der Waals surface area contributed by atoms with Crippen LogP contribution < -0.4 is 21.3 Å². The first-order valence-electron chi connectivity index (χ1n) is 11.7. The number of hydrogen-bond donors (Lipinski definition) is 4. The summed E-state index contributed by atoms with van der Waals surface area (Å²) in [5.74, 6) is -1.82. The van der Waals surface area contributed by atoms with E-state index in [2.05, 4.69) is 40.3 Å². The van der Waals surface area contributed by atoms with Crippen molar-refractivity contribution in [2.24, 2.45) is 11.8 Å². The van der Waals surface area contributed by atoms with Gasteiger partial charge in [0.25, 0.3) is 0 Å². The van der Waals surface area contributed by atoms with Crippen molar-refractivity contribution >= 4 is 29.4 Å². The molecule has 10 heteroatoms. The Morgan fingerprint density at radius 1 is 0.714 bits per heavy atom. The smallest absolute Gasteiger partial charge is 0.239 e. The lowest BCUT2D eigenvalue weighted by Crippen LogP contribution is -2.45. The number of ketones is 1. The minimum atomic E-state index is -0.563. The predicted molar refractivity (Wildman–Crippen MR) is 133 cm³/mol. The zero-order chi connectivity index (χ0) is 26.6. The van der Waals surface area contributed by atoms with Gasteiger partial charge < -0.3 is 26.0 Å². The third kappa shape index (κ3) is 19.9. The van der Waals surface area contributed by atoms with E-state index in [-0.39, 0.29) is 56.8 Å². The van der Waals surface area contributed by atoms with E-state index in [4.69, 9.17) is 4.74 Å². The van der Waals surface area contributed by atoms with Gasteiger partial charge in [-0.25, -0.2) is 0 Å². The van der Waals surface area contributed by atoms with Crippen LogP contribution in [0.4, 0.5) is 0 Å². The van der Waals surface area contributed by atoms with E-state index in [1.54, 1.807) is 13.8 Å². The zero-order valence-electron chi connectivity index (χ0n) is 21.4. The molecule has 1 rings (SSSR count). The normalized spacial score (nSPS) is 10.1. The van der Waals surface area contributed by atoms with Crippen LogP contribution in [-0.2, 0) is 28.7 Å². The van der Waals surface area contributed by atoms with Crippen LogP contribution in [0.2, 0.25) is 0 Å². The molecule has 196 valence electrons. The first kappa shape index (κ1) is 31.7.